The first-order valence-electron chi connectivity index (χ1n) is 6.53. The van der Waals surface area contributed by atoms with E-state index in [1.54, 1.807) is 13.1 Å². The minimum absolute atomic E-state index is 0.219. The summed E-state index contributed by atoms with van der Waals surface area (Å²) in [5.41, 5.74) is 1.25. The maximum absolute atomic E-state index is 13.2. The summed E-state index contributed by atoms with van der Waals surface area (Å²) in [5.74, 6) is 0.737. The Hall–Kier alpha value is -2.56. The van der Waals surface area contributed by atoms with Crippen molar-refractivity contribution in [2.24, 2.45) is 0 Å². The molecule has 0 aliphatic carbocycles. The summed E-state index contributed by atoms with van der Waals surface area (Å²) in [4.78, 5) is 13.8. The van der Waals surface area contributed by atoms with E-state index in [0.29, 0.717) is 23.6 Å². The number of fused-ring (bicyclic) bond motifs is 1. The van der Waals surface area contributed by atoms with E-state index in [1.807, 2.05) is 18.2 Å². The van der Waals surface area contributed by atoms with Crippen molar-refractivity contribution in [1.82, 2.24) is 4.90 Å². The molecule has 0 fully saturated rings. The fourth-order valence-electron chi connectivity index (χ4n) is 2.23. The fourth-order valence-corrected chi connectivity index (χ4v) is 2.23. The van der Waals surface area contributed by atoms with Gasteiger partial charge in [-0.25, -0.2) is 4.39 Å². The highest BCUT2D eigenvalue weighted by Gasteiger charge is 2.16. The minimum atomic E-state index is -0.419. The molecule has 0 radical (unpaired) electrons. The van der Waals surface area contributed by atoms with Gasteiger partial charge >= 0.3 is 0 Å². The van der Waals surface area contributed by atoms with Crippen LogP contribution in [0.4, 0.5) is 4.39 Å². The van der Waals surface area contributed by atoms with Crippen LogP contribution in [0.3, 0.4) is 0 Å². The minimum Gasteiger partial charge on any atom is -0.454 e. The summed E-state index contributed by atoms with van der Waals surface area (Å²) in [5, 5.41) is 0. The molecule has 21 heavy (non-hydrogen) atoms. The molecule has 0 saturated heterocycles. The second-order valence-electron chi connectivity index (χ2n) is 4.86. The van der Waals surface area contributed by atoms with Crippen molar-refractivity contribution < 1.29 is 18.7 Å². The zero-order valence-electron chi connectivity index (χ0n) is 11.5. The van der Waals surface area contributed by atoms with Crippen molar-refractivity contribution in [2.45, 2.75) is 6.54 Å². The van der Waals surface area contributed by atoms with Gasteiger partial charge in [-0.1, -0.05) is 12.1 Å². The number of nitrogens with zero attached hydrogens (tertiary/aromatic N) is 1. The second kappa shape index (κ2) is 5.44. The molecule has 5 heteroatoms. The molecule has 2 aromatic carbocycles. The van der Waals surface area contributed by atoms with Gasteiger partial charge in [-0.15, -0.1) is 0 Å². The molecule has 1 aliphatic rings. The second-order valence-corrected chi connectivity index (χ2v) is 4.86. The highest BCUT2D eigenvalue weighted by Crippen LogP contribution is 2.32. The number of ether oxygens (including phenoxy) is 2. The Bertz CT molecular complexity index is 687. The number of benzene rings is 2. The van der Waals surface area contributed by atoms with Crippen LogP contribution in [0.5, 0.6) is 11.5 Å². The van der Waals surface area contributed by atoms with E-state index in [4.69, 9.17) is 9.47 Å². The van der Waals surface area contributed by atoms with Gasteiger partial charge in [0.15, 0.2) is 11.5 Å². The molecule has 2 aromatic rings. The van der Waals surface area contributed by atoms with Crippen molar-refractivity contribution in [1.29, 1.82) is 0 Å². The smallest absolute Gasteiger partial charge is 0.253 e. The third-order valence-electron chi connectivity index (χ3n) is 3.27. The van der Waals surface area contributed by atoms with Crippen molar-refractivity contribution in [2.75, 3.05) is 13.8 Å². The maximum atomic E-state index is 13.2. The first-order chi connectivity index (χ1) is 10.1. The van der Waals surface area contributed by atoms with Crippen LogP contribution in [0.2, 0.25) is 0 Å². The number of carbonyl (C=O) groups excluding carboxylic acids is 1. The molecule has 1 amide bonds. The van der Waals surface area contributed by atoms with Crippen molar-refractivity contribution in [3.63, 3.8) is 0 Å². The van der Waals surface area contributed by atoms with Crippen LogP contribution < -0.4 is 9.47 Å². The Morgan fingerprint density at radius 2 is 2.00 bits per heavy atom. The molecular formula is C16H14FNO3. The molecule has 0 saturated carbocycles. The molecule has 0 bridgehead atoms. The zero-order chi connectivity index (χ0) is 14.8. The Morgan fingerprint density at radius 3 is 2.81 bits per heavy atom. The van der Waals surface area contributed by atoms with E-state index in [-0.39, 0.29) is 12.7 Å². The fraction of sp³-hybridized carbons (Fsp3) is 0.188. The van der Waals surface area contributed by atoms with Crippen LogP contribution in [-0.2, 0) is 6.54 Å². The standard InChI is InChI=1S/C16H14FNO3/c1-18(16(19)12-3-2-4-13(17)8-12)9-11-5-6-14-15(7-11)21-10-20-14/h2-8H,9-10H2,1H3. The molecule has 0 aromatic heterocycles. The monoisotopic (exact) mass is 287 g/mol. The van der Waals surface area contributed by atoms with Crippen LogP contribution in [0, 0.1) is 5.82 Å². The van der Waals surface area contributed by atoms with Gasteiger partial charge in [-0.05, 0) is 35.9 Å². The molecule has 0 N–H and O–H groups in total. The lowest BCUT2D eigenvalue weighted by atomic mass is 10.1. The van der Waals surface area contributed by atoms with Gasteiger partial charge in [-0.2, -0.15) is 0 Å². The summed E-state index contributed by atoms with van der Waals surface area (Å²) in [7, 11) is 1.68. The van der Waals surface area contributed by atoms with E-state index in [1.165, 1.54) is 23.1 Å². The summed E-state index contributed by atoms with van der Waals surface area (Å²) in [6.07, 6.45) is 0. The number of rotatable bonds is 3. The molecule has 1 heterocycles. The third kappa shape index (κ3) is 2.81. The van der Waals surface area contributed by atoms with Crippen molar-refractivity contribution in [3.05, 3.63) is 59.4 Å². The van der Waals surface area contributed by atoms with Gasteiger partial charge in [0.05, 0.1) is 0 Å². The van der Waals surface area contributed by atoms with Gasteiger partial charge < -0.3 is 14.4 Å². The highest BCUT2D eigenvalue weighted by molar-refractivity contribution is 5.94. The van der Waals surface area contributed by atoms with Gasteiger partial charge in [0.25, 0.3) is 5.91 Å². The van der Waals surface area contributed by atoms with E-state index >= 15 is 0 Å². The topological polar surface area (TPSA) is 38.8 Å². The predicted octanol–water partition coefficient (Wildman–Crippen LogP) is 2.83. The van der Waals surface area contributed by atoms with Crippen LogP contribution in [0.25, 0.3) is 0 Å². The van der Waals surface area contributed by atoms with Gasteiger partial charge in [0.2, 0.25) is 6.79 Å². The van der Waals surface area contributed by atoms with E-state index < -0.39 is 5.82 Å². The summed E-state index contributed by atoms with van der Waals surface area (Å²) in [6.45, 7) is 0.628. The lowest BCUT2D eigenvalue weighted by molar-refractivity contribution is 0.0784. The third-order valence-corrected chi connectivity index (χ3v) is 3.27. The number of carbonyl (C=O) groups is 1. The highest BCUT2D eigenvalue weighted by atomic mass is 19.1. The molecule has 0 atom stereocenters. The van der Waals surface area contributed by atoms with Gasteiger partial charge in [0.1, 0.15) is 5.82 Å². The molecule has 1 aliphatic heterocycles. The van der Waals surface area contributed by atoms with Gasteiger partial charge in [-0.3, -0.25) is 4.79 Å². The number of hydrogen-bond acceptors (Lipinski definition) is 3. The van der Waals surface area contributed by atoms with Crippen LogP contribution >= 0.6 is 0 Å². The molecule has 3 rings (SSSR count). The quantitative estimate of drug-likeness (QED) is 0.871. The van der Waals surface area contributed by atoms with E-state index in [9.17, 15) is 9.18 Å². The first-order valence-corrected chi connectivity index (χ1v) is 6.53. The zero-order valence-corrected chi connectivity index (χ0v) is 11.5. The average Bonchev–Trinajstić information content (AvgIpc) is 2.94. The SMILES string of the molecule is CN(Cc1ccc2c(c1)OCO2)C(=O)c1cccc(F)c1. The largest absolute Gasteiger partial charge is 0.454 e. The average molecular weight is 287 g/mol. The van der Waals surface area contributed by atoms with Crippen LogP contribution in [0.1, 0.15) is 15.9 Å². The Balaban J connectivity index is 1.74. The number of amides is 1. The molecule has 108 valence electrons. The normalized spacial score (nSPS) is 12.3. The van der Waals surface area contributed by atoms with Crippen LogP contribution in [-0.4, -0.2) is 24.6 Å². The Kier molecular flexibility index (Phi) is 3.48. The summed E-state index contributed by atoms with van der Waals surface area (Å²) >= 11 is 0. The maximum Gasteiger partial charge on any atom is 0.253 e. The number of hydrogen-bond donors (Lipinski definition) is 0. The van der Waals surface area contributed by atoms with E-state index in [0.717, 1.165) is 5.56 Å². The predicted molar refractivity (Wildman–Crippen MR) is 74.8 cm³/mol. The molecule has 0 spiro atoms. The molecule has 0 unspecified atom stereocenters. The molecule has 4 nitrogen and oxygen atoms in total. The summed E-state index contributed by atoms with van der Waals surface area (Å²) < 4.78 is 23.7. The Morgan fingerprint density at radius 1 is 1.19 bits per heavy atom. The summed E-state index contributed by atoms with van der Waals surface area (Å²) in [6, 6.07) is 11.2. The van der Waals surface area contributed by atoms with Crippen molar-refractivity contribution >= 4 is 5.91 Å². The lowest BCUT2D eigenvalue weighted by Gasteiger charge is -2.17. The molecular weight excluding hydrogens is 273 g/mol. The Labute approximate surface area is 121 Å². The lowest BCUT2D eigenvalue weighted by Crippen LogP contribution is -2.26. The number of halogens is 1. The van der Waals surface area contributed by atoms with E-state index in [2.05, 4.69) is 0 Å². The van der Waals surface area contributed by atoms with Gasteiger partial charge in [0, 0.05) is 19.2 Å². The van der Waals surface area contributed by atoms with Crippen molar-refractivity contribution in [3.8, 4) is 11.5 Å². The first kappa shape index (κ1) is 13.4. The van der Waals surface area contributed by atoms with Crippen LogP contribution in [0.15, 0.2) is 42.5 Å².